The Hall–Kier alpha value is -2.86. The van der Waals surface area contributed by atoms with E-state index in [4.69, 9.17) is 4.74 Å². The van der Waals surface area contributed by atoms with Gasteiger partial charge in [-0.15, -0.1) is 0 Å². The van der Waals surface area contributed by atoms with Crippen LogP contribution in [0.25, 0.3) is 10.9 Å². The van der Waals surface area contributed by atoms with Gasteiger partial charge in [-0.05, 0) is 31.2 Å². The summed E-state index contributed by atoms with van der Waals surface area (Å²) in [4.78, 5) is 15.4. The minimum Gasteiger partial charge on any atom is -0.497 e. The van der Waals surface area contributed by atoms with Gasteiger partial charge in [-0.25, -0.2) is 4.39 Å². The predicted octanol–water partition coefficient (Wildman–Crippen LogP) is 3.17. The molecule has 3 aromatic rings. The fourth-order valence-corrected chi connectivity index (χ4v) is 2.70. The quantitative estimate of drug-likeness (QED) is 0.667. The van der Waals surface area contributed by atoms with Gasteiger partial charge in [0.2, 0.25) is 0 Å². The van der Waals surface area contributed by atoms with Crippen LogP contribution >= 0.6 is 0 Å². The summed E-state index contributed by atoms with van der Waals surface area (Å²) in [6.45, 7) is 1.63. The van der Waals surface area contributed by atoms with Crippen molar-refractivity contribution in [2.24, 2.45) is 0 Å². The number of ether oxygens (including phenoxy) is 1. The van der Waals surface area contributed by atoms with E-state index in [2.05, 4.69) is 10.3 Å². The van der Waals surface area contributed by atoms with E-state index >= 15 is 0 Å². The highest BCUT2D eigenvalue weighted by Crippen LogP contribution is 2.22. The van der Waals surface area contributed by atoms with Crippen molar-refractivity contribution < 1.29 is 19.0 Å². The largest absolute Gasteiger partial charge is 0.497 e. The molecule has 0 saturated heterocycles. The summed E-state index contributed by atoms with van der Waals surface area (Å²) in [7, 11) is 1.57. The molecule has 0 aliphatic rings. The molecule has 0 aliphatic carbocycles. The van der Waals surface area contributed by atoms with Crippen LogP contribution in [-0.2, 0) is 0 Å². The van der Waals surface area contributed by atoms with Crippen LogP contribution in [0.3, 0.4) is 0 Å². The van der Waals surface area contributed by atoms with Crippen LogP contribution in [0.1, 0.15) is 29.1 Å². The van der Waals surface area contributed by atoms with Gasteiger partial charge in [0.15, 0.2) is 0 Å². The molecule has 6 heteroatoms. The van der Waals surface area contributed by atoms with Crippen LogP contribution in [0.2, 0.25) is 0 Å². The number of benzene rings is 2. The van der Waals surface area contributed by atoms with Crippen molar-refractivity contribution in [1.82, 2.24) is 10.3 Å². The van der Waals surface area contributed by atoms with Gasteiger partial charge >= 0.3 is 0 Å². The molecule has 25 heavy (non-hydrogen) atoms. The van der Waals surface area contributed by atoms with Crippen LogP contribution in [0.4, 0.5) is 4.39 Å². The van der Waals surface area contributed by atoms with Gasteiger partial charge in [-0.1, -0.05) is 18.2 Å². The van der Waals surface area contributed by atoms with E-state index in [0.717, 1.165) is 10.9 Å². The first-order valence-electron chi connectivity index (χ1n) is 7.89. The Kier molecular flexibility index (Phi) is 4.72. The van der Waals surface area contributed by atoms with Gasteiger partial charge in [0.05, 0.1) is 13.2 Å². The molecule has 0 fully saturated rings. The summed E-state index contributed by atoms with van der Waals surface area (Å²) in [5, 5.41) is 13.9. The molecule has 130 valence electrons. The molecular weight excluding hydrogens is 323 g/mol. The fraction of sp³-hybridized carbons (Fsp3) is 0.211. The molecule has 2 atom stereocenters. The Morgan fingerprint density at radius 3 is 2.72 bits per heavy atom. The molecule has 2 aromatic carbocycles. The molecule has 3 N–H and O–H groups in total. The number of hydrogen-bond donors (Lipinski definition) is 3. The fourth-order valence-electron chi connectivity index (χ4n) is 2.70. The van der Waals surface area contributed by atoms with Crippen LogP contribution in [0.15, 0.2) is 48.5 Å². The summed E-state index contributed by atoms with van der Waals surface area (Å²) < 4.78 is 18.9. The van der Waals surface area contributed by atoms with Crippen LogP contribution in [0, 0.1) is 5.82 Å². The first kappa shape index (κ1) is 17.0. The lowest BCUT2D eigenvalue weighted by molar-refractivity contribution is 0.0842. The number of hydrogen-bond acceptors (Lipinski definition) is 3. The lowest BCUT2D eigenvalue weighted by Gasteiger charge is -2.20. The molecule has 3 rings (SSSR count). The van der Waals surface area contributed by atoms with Crippen LogP contribution in [-0.4, -0.2) is 29.1 Å². The summed E-state index contributed by atoms with van der Waals surface area (Å²) in [6, 6.07) is 12.5. The molecule has 1 aromatic heterocycles. The second-order valence-corrected chi connectivity index (χ2v) is 5.86. The second kappa shape index (κ2) is 6.94. The molecule has 1 amide bonds. The SMILES string of the molecule is COc1ccc2cc(C(=O)NC(C)C(O)c3ccccc3F)[nH]c2c1. The average Bonchev–Trinajstić information content (AvgIpc) is 3.04. The summed E-state index contributed by atoms with van der Waals surface area (Å²) in [5.41, 5.74) is 1.28. The van der Waals surface area contributed by atoms with Crippen molar-refractivity contribution in [3.05, 3.63) is 65.6 Å². The lowest BCUT2D eigenvalue weighted by Crippen LogP contribution is -2.37. The number of rotatable bonds is 5. The highest BCUT2D eigenvalue weighted by molar-refractivity contribution is 5.98. The molecule has 1 heterocycles. The number of nitrogens with one attached hydrogen (secondary N) is 2. The normalized spacial score (nSPS) is 13.4. The molecule has 5 nitrogen and oxygen atoms in total. The maximum atomic E-state index is 13.8. The number of aromatic nitrogens is 1. The van der Waals surface area contributed by atoms with Crippen molar-refractivity contribution in [1.29, 1.82) is 0 Å². The van der Waals surface area contributed by atoms with Gasteiger partial charge in [0.25, 0.3) is 5.91 Å². The number of amides is 1. The minimum absolute atomic E-state index is 0.150. The topological polar surface area (TPSA) is 74.3 Å². The smallest absolute Gasteiger partial charge is 0.268 e. The predicted molar refractivity (Wildman–Crippen MR) is 93.1 cm³/mol. The zero-order valence-corrected chi connectivity index (χ0v) is 13.9. The van der Waals surface area contributed by atoms with Crippen LogP contribution in [0.5, 0.6) is 5.75 Å². The van der Waals surface area contributed by atoms with Crippen molar-refractivity contribution in [2.45, 2.75) is 19.1 Å². The number of fused-ring (bicyclic) bond motifs is 1. The Labute approximate surface area is 144 Å². The standard InChI is InChI=1S/C19H19FN2O3/c1-11(18(23)14-5-3-4-6-15(14)20)21-19(24)17-9-12-7-8-13(25-2)10-16(12)22-17/h3-11,18,22-23H,1-2H3,(H,21,24). The highest BCUT2D eigenvalue weighted by Gasteiger charge is 2.22. The maximum Gasteiger partial charge on any atom is 0.268 e. The van der Waals surface area contributed by atoms with E-state index in [-0.39, 0.29) is 11.5 Å². The molecule has 0 saturated carbocycles. The van der Waals surface area contributed by atoms with E-state index in [1.165, 1.54) is 12.1 Å². The van der Waals surface area contributed by atoms with Crippen LogP contribution < -0.4 is 10.1 Å². The summed E-state index contributed by atoms with van der Waals surface area (Å²) in [6.07, 6.45) is -1.14. The number of carbonyl (C=O) groups is 1. The first-order chi connectivity index (χ1) is 12.0. The number of aliphatic hydroxyl groups is 1. The Bertz CT molecular complexity index is 907. The number of methoxy groups -OCH3 is 1. The van der Waals surface area contributed by atoms with Gasteiger partial charge in [-0.3, -0.25) is 4.79 Å². The van der Waals surface area contributed by atoms with E-state index in [9.17, 15) is 14.3 Å². The molecule has 0 bridgehead atoms. The Morgan fingerprint density at radius 2 is 2.00 bits per heavy atom. The van der Waals surface area contributed by atoms with E-state index in [1.807, 2.05) is 12.1 Å². The van der Waals surface area contributed by atoms with Crippen molar-refractivity contribution in [3.63, 3.8) is 0 Å². The van der Waals surface area contributed by atoms with E-state index in [0.29, 0.717) is 11.4 Å². The zero-order chi connectivity index (χ0) is 18.0. The van der Waals surface area contributed by atoms with Crippen molar-refractivity contribution >= 4 is 16.8 Å². The molecule has 0 spiro atoms. The number of H-pyrrole nitrogens is 1. The molecule has 0 radical (unpaired) electrons. The minimum atomic E-state index is -1.14. The highest BCUT2D eigenvalue weighted by atomic mass is 19.1. The Morgan fingerprint density at radius 1 is 1.24 bits per heavy atom. The van der Waals surface area contributed by atoms with Gasteiger partial charge in [-0.2, -0.15) is 0 Å². The third kappa shape index (κ3) is 3.49. The first-order valence-corrected chi connectivity index (χ1v) is 7.89. The average molecular weight is 342 g/mol. The number of aliphatic hydroxyl groups excluding tert-OH is 1. The monoisotopic (exact) mass is 342 g/mol. The van der Waals surface area contributed by atoms with Gasteiger partial charge in [0, 0.05) is 22.5 Å². The molecular formula is C19H19FN2O3. The number of aromatic amines is 1. The maximum absolute atomic E-state index is 13.8. The zero-order valence-electron chi connectivity index (χ0n) is 13.9. The summed E-state index contributed by atoms with van der Waals surface area (Å²) in [5.74, 6) is -0.198. The van der Waals surface area contributed by atoms with Gasteiger partial charge in [0.1, 0.15) is 23.4 Å². The number of carbonyl (C=O) groups excluding carboxylic acids is 1. The van der Waals surface area contributed by atoms with Crippen molar-refractivity contribution in [3.8, 4) is 5.75 Å². The number of halogens is 1. The van der Waals surface area contributed by atoms with Crippen molar-refractivity contribution in [2.75, 3.05) is 7.11 Å². The molecule has 0 aliphatic heterocycles. The lowest BCUT2D eigenvalue weighted by atomic mass is 10.0. The van der Waals surface area contributed by atoms with E-state index in [1.54, 1.807) is 38.3 Å². The Balaban J connectivity index is 1.76. The third-order valence-corrected chi connectivity index (χ3v) is 4.13. The third-order valence-electron chi connectivity index (χ3n) is 4.13. The van der Waals surface area contributed by atoms with E-state index < -0.39 is 18.0 Å². The second-order valence-electron chi connectivity index (χ2n) is 5.86. The summed E-state index contributed by atoms with van der Waals surface area (Å²) >= 11 is 0. The molecule has 2 unspecified atom stereocenters. The van der Waals surface area contributed by atoms with Gasteiger partial charge < -0.3 is 20.1 Å².